The Morgan fingerprint density at radius 2 is 1.59 bits per heavy atom. The normalized spacial score (nSPS) is 11.6. The van der Waals surface area contributed by atoms with Crippen LogP contribution < -0.4 is 10.5 Å². The largest absolute Gasteiger partial charge is 0.457 e. The number of alkyl halides is 3. The fourth-order valence-corrected chi connectivity index (χ4v) is 2.20. The maximum Gasteiger partial charge on any atom is 0.416 e. The Labute approximate surface area is 124 Å². The lowest BCUT2D eigenvalue weighted by Crippen LogP contribution is -2.04. The molecule has 22 heavy (non-hydrogen) atoms. The summed E-state index contributed by atoms with van der Waals surface area (Å²) < 4.78 is 43.3. The van der Waals surface area contributed by atoms with Crippen LogP contribution in [-0.2, 0) is 6.18 Å². The molecule has 2 nitrogen and oxygen atoms in total. The number of anilines is 1. The molecular weight excluding hydrogens is 291 g/mol. The molecule has 0 aliphatic heterocycles. The summed E-state index contributed by atoms with van der Waals surface area (Å²) in [4.78, 5) is 0. The van der Waals surface area contributed by atoms with Crippen LogP contribution in [0.3, 0.4) is 0 Å². The molecular formula is C17H12F3NO. The zero-order valence-corrected chi connectivity index (χ0v) is 11.4. The van der Waals surface area contributed by atoms with Gasteiger partial charge >= 0.3 is 6.18 Å². The van der Waals surface area contributed by atoms with Gasteiger partial charge in [-0.15, -0.1) is 0 Å². The third-order valence-electron chi connectivity index (χ3n) is 3.27. The zero-order valence-electron chi connectivity index (χ0n) is 11.4. The molecule has 0 saturated carbocycles. The molecule has 0 spiro atoms. The van der Waals surface area contributed by atoms with E-state index in [2.05, 4.69) is 0 Å². The van der Waals surface area contributed by atoms with Crippen LogP contribution in [-0.4, -0.2) is 0 Å². The van der Waals surface area contributed by atoms with Gasteiger partial charge in [-0.05, 0) is 53.9 Å². The highest BCUT2D eigenvalue weighted by Crippen LogP contribution is 2.33. The Morgan fingerprint density at radius 3 is 2.27 bits per heavy atom. The molecule has 0 amide bonds. The van der Waals surface area contributed by atoms with E-state index >= 15 is 0 Å². The van der Waals surface area contributed by atoms with Crippen LogP contribution in [0.4, 0.5) is 18.9 Å². The first-order valence-corrected chi connectivity index (χ1v) is 6.57. The minimum atomic E-state index is -4.35. The number of halogens is 3. The van der Waals surface area contributed by atoms with E-state index in [0.717, 1.165) is 22.9 Å². The second kappa shape index (κ2) is 5.26. The molecule has 3 rings (SSSR count). The lowest BCUT2D eigenvalue weighted by molar-refractivity contribution is -0.137. The molecule has 0 aromatic heterocycles. The molecule has 112 valence electrons. The van der Waals surface area contributed by atoms with Crippen molar-refractivity contribution in [1.82, 2.24) is 0 Å². The number of rotatable bonds is 2. The average molecular weight is 303 g/mol. The Bertz CT molecular complexity index is 810. The van der Waals surface area contributed by atoms with Crippen molar-refractivity contribution in [1.29, 1.82) is 0 Å². The van der Waals surface area contributed by atoms with Gasteiger partial charge < -0.3 is 10.5 Å². The van der Waals surface area contributed by atoms with Crippen molar-refractivity contribution in [3.8, 4) is 11.5 Å². The third kappa shape index (κ3) is 2.83. The summed E-state index contributed by atoms with van der Waals surface area (Å²) in [5, 5.41) is 1.75. The summed E-state index contributed by atoms with van der Waals surface area (Å²) in [6, 6.07) is 15.5. The lowest BCUT2D eigenvalue weighted by Gasteiger charge is -2.11. The summed E-state index contributed by atoms with van der Waals surface area (Å²) >= 11 is 0. The predicted octanol–water partition coefficient (Wildman–Crippen LogP) is 5.23. The van der Waals surface area contributed by atoms with Gasteiger partial charge in [-0.25, -0.2) is 0 Å². The van der Waals surface area contributed by atoms with Crippen molar-refractivity contribution in [2.24, 2.45) is 0 Å². The molecule has 0 unspecified atom stereocenters. The minimum Gasteiger partial charge on any atom is -0.457 e. The maximum atomic E-state index is 12.5. The van der Waals surface area contributed by atoms with Gasteiger partial charge in [-0.1, -0.05) is 12.1 Å². The highest BCUT2D eigenvalue weighted by Gasteiger charge is 2.30. The van der Waals surface area contributed by atoms with E-state index in [4.69, 9.17) is 10.5 Å². The van der Waals surface area contributed by atoms with Gasteiger partial charge in [-0.2, -0.15) is 13.2 Å². The van der Waals surface area contributed by atoms with Gasteiger partial charge in [0.25, 0.3) is 0 Å². The first-order valence-electron chi connectivity index (χ1n) is 6.57. The van der Waals surface area contributed by atoms with Crippen molar-refractivity contribution in [3.05, 3.63) is 66.2 Å². The minimum absolute atomic E-state index is 0.345. The Hall–Kier alpha value is -2.69. The molecule has 2 N–H and O–H groups in total. The van der Waals surface area contributed by atoms with Gasteiger partial charge in [0, 0.05) is 11.1 Å². The van der Waals surface area contributed by atoms with Crippen LogP contribution in [0.15, 0.2) is 60.7 Å². The summed E-state index contributed by atoms with van der Waals surface area (Å²) in [5.41, 5.74) is 5.67. The number of hydrogen-bond donors (Lipinski definition) is 1. The first-order chi connectivity index (χ1) is 10.4. The number of hydrogen-bond acceptors (Lipinski definition) is 2. The fraction of sp³-hybridized carbons (Fsp3) is 0.0588. The fourth-order valence-electron chi connectivity index (χ4n) is 2.20. The summed E-state index contributed by atoms with van der Waals surface area (Å²) in [6.45, 7) is 0. The standard InChI is InChI=1S/C17H12F3NO/c18-17(19,20)12-4-7-14(8-5-12)22-16-3-1-2-11-10-13(21)6-9-15(11)16/h1-10H,21H2. The van der Waals surface area contributed by atoms with Crippen LogP contribution in [0.1, 0.15) is 5.56 Å². The molecule has 5 heteroatoms. The molecule has 0 aliphatic rings. The van der Waals surface area contributed by atoms with Crippen molar-refractivity contribution >= 4 is 16.5 Å². The average Bonchev–Trinajstić information content (AvgIpc) is 2.47. The number of nitrogens with two attached hydrogens (primary N) is 1. The highest BCUT2D eigenvalue weighted by atomic mass is 19.4. The van der Waals surface area contributed by atoms with Crippen molar-refractivity contribution in [2.45, 2.75) is 6.18 Å². The van der Waals surface area contributed by atoms with E-state index < -0.39 is 11.7 Å². The second-order valence-electron chi connectivity index (χ2n) is 4.86. The zero-order chi connectivity index (χ0) is 15.7. The van der Waals surface area contributed by atoms with Crippen LogP contribution >= 0.6 is 0 Å². The molecule has 0 heterocycles. The van der Waals surface area contributed by atoms with Gasteiger partial charge in [0.1, 0.15) is 11.5 Å². The van der Waals surface area contributed by atoms with E-state index in [1.165, 1.54) is 12.1 Å². The first kappa shape index (κ1) is 14.3. The lowest BCUT2D eigenvalue weighted by atomic mass is 10.1. The molecule has 0 fully saturated rings. The van der Waals surface area contributed by atoms with Crippen molar-refractivity contribution < 1.29 is 17.9 Å². The number of fused-ring (bicyclic) bond motifs is 1. The van der Waals surface area contributed by atoms with Crippen LogP contribution in [0, 0.1) is 0 Å². The molecule has 3 aromatic rings. The maximum absolute atomic E-state index is 12.5. The smallest absolute Gasteiger partial charge is 0.416 e. The van der Waals surface area contributed by atoms with Crippen molar-refractivity contribution in [2.75, 3.05) is 5.73 Å². The number of ether oxygens (including phenoxy) is 1. The molecule has 0 aliphatic carbocycles. The molecule has 0 saturated heterocycles. The van der Waals surface area contributed by atoms with E-state index in [0.29, 0.717) is 17.2 Å². The summed E-state index contributed by atoms with van der Waals surface area (Å²) in [6.07, 6.45) is -4.35. The number of nitrogen functional groups attached to an aromatic ring is 1. The van der Waals surface area contributed by atoms with E-state index in [1.807, 2.05) is 18.2 Å². The Kier molecular flexibility index (Phi) is 3.41. The number of benzene rings is 3. The van der Waals surface area contributed by atoms with E-state index in [9.17, 15) is 13.2 Å². The van der Waals surface area contributed by atoms with Gasteiger partial charge in [0.15, 0.2) is 0 Å². The topological polar surface area (TPSA) is 35.2 Å². The molecule has 0 atom stereocenters. The van der Waals surface area contributed by atoms with E-state index in [-0.39, 0.29) is 0 Å². The molecule has 3 aromatic carbocycles. The summed E-state index contributed by atoms with van der Waals surface area (Å²) in [7, 11) is 0. The Morgan fingerprint density at radius 1 is 0.864 bits per heavy atom. The third-order valence-corrected chi connectivity index (χ3v) is 3.27. The van der Waals surface area contributed by atoms with Crippen molar-refractivity contribution in [3.63, 3.8) is 0 Å². The van der Waals surface area contributed by atoms with Gasteiger partial charge in [0.2, 0.25) is 0 Å². The van der Waals surface area contributed by atoms with Crippen LogP contribution in [0.25, 0.3) is 10.8 Å². The molecule has 0 radical (unpaired) electrons. The Balaban J connectivity index is 1.93. The van der Waals surface area contributed by atoms with Gasteiger partial charge in [-0.3, -0.25) is 0 Å². The van der Waals surface area contributed by atoms with Gasteiger partial charge in [0.05, 0.1) is 5.56 Å². The molecule has 0 bridgehead atoms. The van der Waals surface area contributed by atoms with E-state index in [1.54, 1.807) is 18.2 Å². The van der Waals surface area contributed by atoms with Crippen LogP contribution in [0.2, 0.25) is 0 Å². The summed E-state index contributed by atoms with van der Waals surface area (Å²) in [5.74, 6) is 0.912. The van der Waals surface area contributed by atoms with Crippen LogP contribution in [0.5, 0.6) is 11.5 Å². The quantitative estimate of drug-likeness (QED) is 0.658. The second-order valence-corrected chi connectivity index (χ2v) is 4.86. The highest BCUT2D eigenvalue weighted by molar-refractivity contribution is 5.90. The SMILES string of the molecule is Nc1ccc2c(Oc3ccc(C(F)(F)F)cc3)cccc2c1. The predicted molar refractivity (Wildman–Crippen MR) is 79.9 cm³/mol. The monoisotopic (exact) mass is 303 g/mol.